The van der Waals surface area contributed by atoms with Crippen LogP contribution in [0.5, 0.6) is 0 Å². The third-order valence-electron chi connectivity index (χ3n) is 5.86. The van der Waals surface area contributed by atoms with Gasteiger partial charge in [0.2, 0.25) is 11.9 Å². The van der Waals surface area contributed by atoms with Crippen molar-refractivity contribution in [3.05, 3.63) is 65.7 Å². The van der Waals surface area contributed by atoms with E-state index in [0.717, 1.165) is 5.52 Å². The minimum atomic E-state index is -0.689. The van der Waals surface area contributed by atoms with Gasteiger partial charge in [-0.25, -0.2) is 18.3 Å². The van der Waals surface area contributed by atoms with Gasteiger partial charge in [-0.2, -0.15) is 4.98 Å². The largest absolute Gasteiger partial charge is 0.339 e. The Bertz CT molecular complexity index is 1330. The van der Waals surface area contributed by atoms with Crippen LogP contribution in [0.2, 0.25) is 0 Å². The van der Waals surface area contributed by atoms with Gasteiger partial charge in [-0.3, -0.25) is 4.79 Å². The number of hydrogen-bond acceptors (Lipinski definition) is 6. The fraction of sp³-hybridized carbons (Fsp3) is 0.304. The van der Waals surface area contributed by atoms with Gasteiger partial charge in [0, 0.05) is 51.2 Å². The smallest absolute Gasteiger partial charge is 0.245 e. The Morgan fingerprint density at radius 2 is 1.88 bits per heavy atom. The maximum Gasteiger partial charge on any atom is 0.245 e. The molecule has 1 aliphatic heterocycles. The molecule has 0 aliphatic carbocycles. The molecular formula is C23H24F2N8O. The first-order chi connectivity index (χ1) is 16.4. The number of nitrogens with one attached hydrogen (secondary N) is 1. The summed E-state index contributed by atoms with van der Waals surface area (Å²) in [5.74, 6) is 0.126. The SMILES string of the molecule is Cc1cc(F)c(CC(=O)N2CCN(c3nc(Nc4cn(C)cn4)c4cccn4n3)CC2)c(F)c1. The molecule has 0 saturated carbocycles. The van der Waals surface area contributed by atoms with Crippen LogP contribution < -0.4 is 10.2 Å². The Hall–Kier alpha value is -4.02. The first-order valence-corrected chi connectivity index (χ1v) is 10.9. The van der Waals surface area contributed by atoms with E-state index in [9.17, 15) is 13.6 Å². The Morgan fingerprint density at radius 1 is 1.15 bits per heavy atom. The van der Waals surface area contributed by atoms with Gasteiger partial charge in [0.25, 0.3) is 0 Å². The van der Waals surface area contributed by atoms with E-state index < -0.39 is 11.6 Å². The molecule has 1 N–H and O–H groups in total. The number of amides is 1. The van der Waals surface area contributed by atoms with Crippen molar-refractivity contribution in [3.8, 4) is 0 Å². The molecule has 5 rings (SSSR count). The van der Waals surface area contributed by atoms with Gasteiger partial charge in [-0.05, 0) is 36.8 Å². The fourth-order valence-electron chi connectivity index (χ4n) is 4.07. The van der Waals surface area contributed by atoms with Crippen LogP contribution >= 0.6 is 0 Å². The molecule has 0 bridgehead atoms. The van der Waals surface area contributed by atoms with Crippen molar-refractivity contribution in [3.63, 3.8) is 0 Å². The average molecular weight is 466 g/mol. The zero-order valence-electron chi connectivity index (χ0n) is 18.9. The summed E-state index contributed by atoms with van der Waals surface area (Å²) in [6, 6.07) is 6.29. The van der Waals surface area contributed by atoms with Gasteiger partial charge in [0.1, 0.15) is 23.0 Å². The number of anilines is 3. The highest BCUT2D eigenvalue weighted by atomic mass is 19.1. The van der Waals surface area contributed by atoms with Crippen molar-refractivity contribution < 1.29 is 13.6 Å². The molecular weight excluding hydrogens is 442 g/mol. The normalized spacial score (nSPS) is 14.1. The minimum absolute atomic E-state index is 0.190. The summed E-state index contributed by atoms with van der Waals surface area (Å²) >= 11 is 0. The molecule has 0 unspecified atom stereocenters. The number of benzene rings is 1. The monoisotopic (exact) mass is 466 g/mol. The van der Waals surface area contributed by atoms with E-state index in [1.807, 2.05) is 41.0 Å². The lowest BCUT2D eigenvalue weighted by atomic mass is 10.1. The summed E-state index contributed by atoms with van der Waals surface area (Å²) in [4.78, 5) is 25.3. The Morgan fingerprint density at radius 3 is 2.56 bits per heavy atom. The first kappa shape index (κ1) is 21.8. The predicted molar refractivity (Wildman–Crippen MR) is 123 cm³/mol. The van der Waals surface area contributed by atoms with Crippen molar-refractivity contribution in [2.45, 2.75) is 13.3 Å². The van der Waals surface area contributed by atoms with Crippen LogP contribution in [0.25, 0.3) is 5.52 Å². The third-order valence-corrected chi connectivity index (χ3v) is 5.86. The van der Waals surface area contributed by atoms with Crippen LogP contribution in [0.1, 0.15) is 11.1 Å². The summed E-state index contributed by atoms with van der Waals surface area (Å²) in [7, 11) is 1.89. The molecule has 9 nitrogen and oxygen atoms in total. The molecule has 1 saturated heterocycles. The van der Waals surface area contributed by atoms with E-state index in [2.05, 4.69) is 15.4 Å². The van der Waals surface area contributed by atoms with E-state index in [1.54, 1.807) is 22.7 Å². The summed E-state index contributed by atoms with van der Waals surface area (Å²) < 4.78 is 31.9. The van der Waals surface area contributed by atoms with E-state index in [4.69, 9.17) is 4.98 Å². The topological polar surface area (TPSA) is 83.6 Å². The standard InChI is InChI=1S/C23H24F2N8O/c1-15-10-17(24)16(18(25)11-15)12-21(34)31-6-8-32(9-7-31)23-28-22(19-4-3-5-33(19)29-23)27-20-13-30(2)14-26-20/h3-5,10-11,13-14H,6-9,12H2,1-2H3,(H,27,28,29). The number of carbonyl (C=O) groups is 1. The highest BCUT2D eigenvalue weighted by Gasteiger charge is 2.25. The third kappa shape index (κ3) is 4.28. The molecule has 4 aromatic rings. The molecule has 34 heavy (non-hydrogen) atoms. The lowest BCUT2D eigenvalue weighted by Crippen LogP contribution is -2.50. The quantitative estimate of drug-likeness (QED) is 0.487. The molecule has 11 heteroatoms. The van der Waals surface area contributed by atoms with Gasteiger partial charge in [-0.1, -0.05) is 0 Å². The van der Waals surface area contributed by atoms with Crippen LogP contribution in [0.15, 0.2) is 43.0 Å². The van der Waals surface area contributed by atoms with Gasteiger partial charge >= 0.3 is 0 Å². The average Bonchev–Trinajstić information content (AvgIpc) is 3.45. The number of nitrogens with zero attached hydrogens (tertiary/aromatic N) is 7. The summed E-state index contributed by atoms with van der Waals surface area (Å²) in [6.07, 6.45) is 5.09. The second kappa shape index (κ2) is 8.73. The van der Waals surface area contributed by atoms with Crippen molar-refractivity contribution in [2.75, 3.05) is 36.4 Å². The summed E-state index contributed by atoms with van der Waals surface area (Å²) in [5.41, 5.74) is 1.10. The molecule has 1 aliphatic rings. The van der Waals surface area contributed by atoms with Crippen LogP contribution in [-0.4, -0.2) is 61.1 Å². The molecule has 1 aromatic carbocycles. The van der Waals surface area contributed by atoms with Gasteiger partial charge < -0.3 is 19.7 Å². The Kier molecular flexibility index (Phi) is 5.60. The van der Waals surface area contributed by atoms with Crippen LogP contribution in [0.3, 0.4) is 0 Å². The predicted octanol–water partition coefficient (Wildman–Crippen LogP) is 2.68. The van der Waals surface area contributed by atoms with Crippen molar-refractivity contribution in [2.24, 2.45) is 7.05 Å². The molecule has 1 fully saturated rings. The number of piperazine rings is 1. The zero-order chi connectivity index (χ0) is 23.8. The van der Waals surface area contributed by atoms with Gasteiger partial charge in [0.15, 0.2) is 5.82 Å². The maximum absolute atomic E-state index is 14.2. The zero-order valence-corrected chi connectivity index (χ0v) is 18.9. The number of aryl methyl sites for hydroxylation is 2. The number of carbonyl (C=O) groups excluding carboxylic acids is 1. The van der Waals surface area contributed by atoms with Gasteiger partial charge in [0.05, 0.1) is 12.7 Å². The van der Waals surface area contributed by atoms with Crippen molar-refractivity contribution in [1.82, 2.24) is 29.0 Å². The van der Waals surface area contributed by atoms with E-state index >= 15 is 0 Å². The number of hydrogen-bond donors (Lipinski definition) is 1. The maximum atomic E-state index is 14.2. The molecule has 1 amide bonds. The van der Waals surface area contributed by atoms with Crippen molar-refractivity contribution >= 4 is 29.0 Å². The highest BCUT2D eigenvalue weighted by Crippen LogP contribution is 2.23. The van der Waals surface area contributed by atoms with E-state index in [-0.39, 0.29) is 17.9 Å². The Labute approximate surface area is 194 Å². The molecule has 4 heterocycles. The molecule has 3 aromatic heterocycles. The van der Waals surface area contributed by atoms with Crippen molar-refractivity contribution in [1.29, 1.82) is 0 Å². The number of imidazole rings is 1. The molecule has 176 valence electrons. The number of rotatable bonds is 5. The highest BCUT2D eigenvalue weighted by molar-refractivity contribution is 5.79. The van der Waals surface area contributed by atoms with Crippen LogP contribution in [-0.2, 0) is 18.3 Å². The first-order valence-electron chi connectivity index (χ1n) is 10.9. The lowest BCUT2D eigenvalue weighted by molar-refractivity contribution is -0.130. The summed E-state index contributed by atoms with van der Waals surface area (Å²) in [5, 5.41) is 7.83. The molecule has 0 radical (unpaired) electrons. The second-order valence-corrected chi connectivity index (χ2v) is 8.40. The second-order valence-electron chi connectivity index (χ2n) is 8.40. The number of fused-ring (bicyclic) bond motifs is 1. The minimum Gasteiger partial charge on any atom is -0.339 e. The summed E-state index contributed by atoms with van der Waals surface area (Å²) in [6.45, 7) is 3.43. The Balaban J connectivity index is 1.29. The lowest BCUT2D eigenvalue weighted by Gasteiger charge is -2.35. The van der Waals surface area contributed by atoms with Gasteiger partial charge in [-0.15, -0.1) is 5.10 Å². The number of halogens is 2. The number of aromatic nitrogens is 5. The fourth-order valence-corrected chi connectivity index (χ4v) is 4.07. The van der Waals surface area contributed by atoms with Crippen LogP contribution in [0, 0.1) is 18.6 Å². The van der Waals surface area contributed by atoms with Crippen LogP contribution in [0.4, 0.5) is 26.4 Å². The molecule has 0 spiro atoms. The van der Waals surface area contributed by atoms with E-state index in [0.29, 0.717) is 49.3 Å². The molecule has 0 atom stereocenters. The van der Waals surface area contributed by atoms with E-state index in [1.165, 1.54) is 12.1 Å².